The SMILES string of the molecule is CCn1c(SC(C)C(=O)Nc2ccc(C(F)(F)F)cc2)nc2ccccc2c1=O. The molecule has 3 aromatic rings. The molecule has 0 spiro atoms. The van der Waals surface area contributed by atoms with Gasteiger partial charge in [0.25, 0.3) is 5.56 Å². The Morgan fingerprint density at radius 3 is 2.45 bits per heavy atom. The van der Waals surface area contributed by atoms with Crippen LogP contribution >= 0.6 is 11.8 Å². The molecule has 0 fully saturated rings. The van der Waals surface area contributed by atoms with E-state index in [0.717, 1.165) is 23.9 Å². The first-order valence-corrected chi connectivity index (χ1v) is 9.73. The van der Waals surface area contributed by atoms with Gasteiger partial charge >= 0.3 is 6.18 Å². The number of rotatable bonds is 5. The Bertz CT molecular complexity index is 1090. The Kier molecular flexibility index (Phi) is 5.97. The number of hydrogen-bond donors (Lipinski definition) is 1. The number of alkyl halides is 3. The minimum Gasteiger partial charge on any atom is -0.325 e. The Hall–Kier alpha value is -2.81. The third kappa shape index (κ3) is 4.61. The fourth-order valence-corrected chi connectivity index (χ4v) is 3.69. The highest BCUT2D eigenvalue weighted by atomic mass is 32.2. The summed E-state index contributed by atoms with van der Waals surface area (Å²) in [5, 5.41) is 2.87. The van der Waals surface area contributed by atoms with Gasteiger partial charge in [0.1, 0.15) is 0 Å². The molecule has 3 rings (SSSR count). The first-order chi connectivity index (χ1) is 13.7. The van der Waals surface area contributed by atoms with Gasteiger partial charge in [-0.2, -0.15) is 13.2 Å². The maximum atomic E-state index is 12.7. The van der Waals surface area contributed by atoms with Gasteiger partial charge in [-0.1, -0.05) is 23.9 Å². The topological polar surface area (TPSA) is 64.0 Å². The molecule has 1 amide bonds. The molecule has 9 heteroatoms. The van der Waals surface area contributed by atoms with Crippen LogP contribution in [0.3, 0.4) is 0 Å². The lowest BCUT2D eigenvalue weighted by molar-refractivity contribution is -0.137. The lowest BCUT2D eigenvalue weighted by Crippen LogP contribution is -2.26. The van der Waals surface area contributed by atoms with Crippen molar-refractivity contribution in [3.63, 3.8) is 0 Å². The van der Waals surface area contributed by atoms with E-state index in [0.29, 0.717) is 22.6 Å². The number of nitrogens with one attached hydrogen (secondary N) is 1. The van der Waals surface area contributed by atoms with Crippen LogP contribution in [0.2, 0.25) is 0 Å². The zero-order chi connectivity index (χ0) is 21.2. The predicted octanol–water partition coefficient (Wildman–Crippen LogP) is 4.55. The fraction of sp³-hybridized carbons (Fsp3) is 0.250. The lowest BCUT2D eigenvalue weighted by Gasteiger charge is -2.15. The number of aromatic nitrogens is 2. The van der Waals surface area contributed by atoms with Gasteiger partial charge in [0.15, 0.2) is 5.16 Å². The molecule has 1 N–H and O–H groups in total. The molecule has 0 aliphatic heterocycles. The van der Waals surface area contributed by atoms with Crippen LogP contribution in [-0.2, 0) is 17.5 Å². The molecule has 1 atom stereocenters. The summed E-state index contributed by atoms with van der Waals surface area (Å²) in [6.45, 7) is 3.85. The summed E-state index contributed by atoms with van der Waals surface area (Å²) < 4.78 is 39.4. The van der Waals surface area contributed by atoms with E-state index in [4.69, 9.17) is 0 Å². The van der Waals surface area contributed by atoms with Crippen LogP contribution in [0.5, 0.6) is 0 Å². The molecule has 152 valence electrons. The number of nitrogens with zero attached hydrogens (tertiary/aromatic N) is 2. The Morgan fingerprint density at radius 1 is 1.17 bits per heavy atom. The number of para-hydroxylation sites is 1. The molecular weight excluding hydrogens is 403 g/mol. The summed E-state index contributed by atoms with van der Waals surface area (Å²) in [7, 11) is 0. The van der Waals surface area contributed by atoms with Crippen molar-refractivity contribution in [1.29, 1.82) is 0 Å². The second-order valence-electron chi connectivity index (χ2n) is 6.29. The third-order valence-corrected chi connectivity index (χ3v) is 5.36. The van der Waals surface area contributed by atoms with Gasteiger partial charge < -0.3 is 5.32 Å². The van der Waals surface area contributed by atoms with E-state index in [9.17, 15) is 22.8 Å². The maximum Gasteiger partial charge on any atom is 0.416 e. The summed E-state index contributed by atoms with van der Waals surface area (Å²) >= 11 is 1.12. The molecule has 0 bridgehead atoms. The van der Waals surface area contributed by atoms with Crippen LogP contribution in [0.4, 0.5) is 18.9 Å². The fourth-order valence-electron chi connectivity index (χ4n) is 2.71. The van der Waals surface area contributed by atoms with Gasteiger partial charge in [-0.15, -0.1) is 0 Å². The maximum absolute atomic E-state index is 12.7. The summed E-state index contributed by atoms with van der Waals surface area (Å²) in [4.78, 5) is 29.6. The van der Waals surface area contributed by atoms with E-state index < -0.39 is 22.9 Å². The number of anilines is 1. The van der Waals surface area contributed by atoms with Crippen LogP contribution < -0.4 is 10.9 Å². The van der Waals surface area contributed by atoms with E-state index >= 15 is 0 Å². The smallest absolute Gasteiger partial charge is 0.325 e. The Balaban J connectivity index is 1.78. The third-order valence-electron chi connectivity index (χ3n) is 4.27. The molecule has 0 aliphatic rings. The number of benzene rings is 2. The number of carbonyl (C=O) groups is 1. The normalized spacial score (nSPS) is 12.7. The molecule has 1 aromatic heterocycles. The summed E-state index contributed by atoms with van der Waals surface area (Å²) in [6, 6.07) is 11.2. The quantitative estimate of drug-likeness (QED) is 0.485. The minimum absolute atomic E-state index is 0.184. The van der Waals surface area contributed by atoms with Crippen LogP contribution in [-0.4, -0.2) is 20.7 Å². The van der Waals surface area contributed by atoms with Crippen molar-refractivity contribution < 1.29 is 18.0 Å². The average molecular weight is 421 g/mol. The number of hydrogen-bond acceptors (Lipinski definition) is 4. The van der Waals surface area contributed by atoms with Crippen molar-refractivity contribution in [2.45, 2.75) is 37.0 Å². The molecule has 0 radical (unpaired) electrons. The highest BCUT2D eigenvalue weighted by Gasteiger charge is 2.30. The zero-order valence-corrected chi connectivity index (χ0v) is 16.5. The number of fused-ring (bicyclic) bond motifs is 1. The van der Waals surface area contributed by atoms with Crippen molar-refractivity contribution in [1.82, 2.24) is 9.55 Å². The molecule has 29 heavy (non-hydrogen) atoms. The van der Waals surface area contributed by atoms with Crippen LogP contribution in [0, 0.1) is 0 Å². The van der Waals surface area contributed by atoms with E-state index in [1.54, 1.807) is 31.2 Å². The molecule has 0 saturated heterocycles. The zero-order valence-electron chi connectivity index (χ0n) is 15.7. The van der Waals surface area contributed by atoms with E-state index in [1.807, 2.05) is 6.92 Å². The Morgan fingerprint density at radius 2 is 1.83 bits per heavy atom. The number of halogens is 3. The molecule has 0 saturated carbocycles. The summed E-state index contributed by atoms with van der Waals surface area (Å²) in [5.41, 5.74) is -0.170. The van der Waals surface area contributed by atoms with Crippen LogP contribution in [0.25, 0.3) is 10.9 Å². The van der Waals surface area contributed by atoms with E-state index in [2.05, 4.69) is 10.3 Å². The highest BCUT2D eigenvalue weighted by molar-refractivity contribution is 8.00. The van der Waals surface area contributed by atoms with Crippen molar-refractivity contribution >= 4 is 34.3 Å². The molecule has 1 heterocycles. The van der Waals surface area contributed by atoms with Gasteiger partial charge in [-0.3, -0.25) is 14.2 Å². The average Bonchev–Trinajstić information content (AvgIpc) is 2.68. The number of carbonyl (C=O) groups excluding carboxylic acids is 1. The first kappa shape index (κ1) is 20.9. The van der Waals surface area contributed by atoms with Gasteiger partial charge in [-0.05, 0) is 50.2 Å². The van der Waals surface area contributed by atoms with Crippen LogP contribution in [0.15, 0.2) is 58.5 Å². The van der Waals surface area contributed by atoms with Gasteiger partial charge in [0, 0.05) is 12.2 Å². The second-order valence-corrected chi connectivity index (χ2v) is 7.59. The van der Waals surface area contributed by atoms with Gasteiger partial charge in [0.2, 0.25) is 5.91 Å². The molecule has 0 aliphatic carbocycles. The molecule has 5 nitrogen and oxygen atoms in total. The van der Waals surface area contributed by atoms with Crippen molar-refractivity contribution in [2.75, 3.05) is 5.32 Å². The summed E-state index contributed by atoms with van der Waals surface area (Å²) in [5.74, 6) is -0.403. The molecule has 2 aromatic carbocycles. The first-order valence-electron chi connectivity index (χ1n) is 8.85. The largest absolute Gasteiger partial charge is 0.416 e. The monoisotopic (exact) mass is 421 g/mol. The molecule has 1 unspecified atom stereocenters. The highest BCUT2D eigenvalue weighted by Crippen LogP contribution is 2.30. The van der Waals surface area contributed by atoms with Crippen LogP contribution in [0.1, 0.15) is 19.4 Å². The van der Waals surface area contributed by atoms with E-state index in [-0.39, 0.29) is 11.2 Å². The second kappa shape index (κ2) is 8.28. The van der Waals surface area contributed by atoms with Crippen molar-refractivity contribution in [3.05, 3.63) is 64.4 Å². The van der Waals surface area contributed by atoms with Gasteiger partial charge in [-0.25, -0.2) is 4.98 Å². The standard InChI is InChI=1S/C20H18F3N3O2S/c1-3-26-18(28)15-6-4-5-7-16(15)25-19(26)29-12(2)17(27)24-14-10-8-13(9-11-14)20(21,22)23/h4-12H,3H2,1-2H3,(H,24,27). The van der Waals surface area contributed by atoms with Crippen molar-refractivity contribution in [2.24, 2.45) is 0 Å². The number of thioether (sulfide) groups is 1. The summed E-state index contributed by atoms with van der Waals surface area (Å²) in [6.07, 6.45) is -4.43. The lowest BCUT2D eigenvalue weighted by atomic mass is 10.2. The Labute approximate surface area is 169 Å². The predicted molar refractivity (Wildman–Crippen MR) is 107 cm³/mol. The molecular formula is C20H18F3N3O2S. The number of amides is 1. The minimum atomic E-state index is -4.43. The van der Waals surface area contributed by atoms with E-state index in [1.165, 1.54) is 16.7 Å². The van der Waals surface area contributed by atoms with Crippen molar-refractivity contribution in [3.8, 4) is 0 Å². The van der Waals surface area contributed by atoms with Gasteiger partial charge in [0.05, 0.1) is 21.7 Å².